The van der Waals surface area contributed by atoms with Crippen LogP contribution in [0.1, 0.15) is 5.56 Å². The van der Waals surface area contributed by atoms with E-state index >= 15 is 0 Å². The predicted molar refractivity (Wildman–Crippen MR) is 52.6 cm³/mol. The Bertz CT molecular complexity index is 240. The van der Waals surface area contributed by atoms with Crippen LogP contribution in [-0.2, 0) is 6.61 Å². The first-order valence-corrected chi connectivity index (χ1v) is 3.75. The number of thiol groups is 2. The van der Waals surface area contributed by atoms with Crippen molar-refractivity contribution in [1.29, 1.82) is 0 Å². The van der Waals surface area contributed by atoms with E-state index in [-0.39, 0.29) is 36.2 Å². The van der Waals surface area contributed by atoms with E-state index in [9.17, 15) is 0 Å². The molecule has 0 aliphatic carbocycles. The van der Waals surface area contributed by atoms with Gasteiger partial charge in [-0.05, 0) is 23.8 Å². The Morgan fingerprint density at radius 2 is 1.91 bits per heavy atom. The fourth-order valence-electron chi connectivity index (χ4n) is 0.699. The molecule has 1 nitrogen and oxygen atoms in total. The molecule has 0 unspecified atom stereocenters. The standard InChI is InChI=1S/C7H8OS2.Na/c8-4-5-3-6(9)1-2-7(5)10;/h1-3,8-10H,4H2;. The molecule has 0 aliphatic heterocycles. The maximum atomic E-state index is 8.76. The van der Waals surface area contributed by atoms with Gasteiger partial charge in [0.05, 0.1) is 6.61 Å². The van der Waals surface area contributed by atoms with Crippen molar-refractivity contribution in [1.82, 2.24) is 0 Å². The summed E-state index contributed by atoms with van der Waals surface area (Å²) in [6.45, 7) is 0.0211. The number of benzene rings is 1. The van der Waals surface area contributed by atoms with Crippen molar-refractivity contribution in [2.75, 3.05) is 0 Å². The van der Waals surface area contributed by atoms with E-state index in [1.165, 1.54) is 0 Å². The third kappa shape index (κ3) is 3.40. The smallest absolute Gasteiger partial charge is 0.0693 e. The zero-order valence-electron chi connectivity index (χ0n) is 6.28. The predicted octanol–water partition coefficient (Wildman–Crippen LogP) is 1.38. The van der Waals surface area contributed by atoms with Crippen molar-refractivity contribution >= 4 is 54.8 Å². The molecule has 0 heterocycles. The van der Waals surface area contributed by atoms with E-state index in [0.717, 1.165) is 15.4 Å². The van der Waals surface area contributed by atoms with Crippen LogP contribution in [0.15, 0.2) is 28.0 Å². The Morgan fingerprint density at radius 3 is 2.36 bits per heavy atom. The molecule has 0 aromatic heterocycles. The quantitative estimate of drug-likeness (QED) is 0.457. The number of rotatable bonds is 1. The molecule has 0 bridgehead atoms. The van der Waals surface area contributed by atoms with Crippen LogP contribution >= 0.6 is 25.3 Å². The molecular formula is C7H8NaOS2. The number of aliphatic hydroxyl groups is 1. The zero-order valence-corrected chi connectivity index (χ0v) is 10.1. The second-order valence-electron chi connectivity index (χ2n) is 1.97. The molecule has 0 aliphatic rings. The largest absolute Gasteiger partial charge is 0.392 e. The zero-order chi connectivity index (χ0) is 7.56. The van der Waals surface area contributed by atoms with Gasteiger partial charge in [0.2, 0.25) is 0 Å². The summed E-state index contributed by atoms with van der Waals surface area (Å²) in [6.07, 6.45) is 0. The van der Waals surface area contributed by atoms with E-state index in [4.69, 9.17) is 5.11 Å². The van der Waals surface area contributed by atoms with Gasteiger partial charge in [0.1, 0.15) is 0 Å². The molecule has 1 radical (unpaired) electrons. The maximum absolute atomic E-state index is 8.76. The molecule has 4 heteroatoms. The van der Waals surface area contributed by atoms with E-state index in [1.807, 2.05) is 12.1 Å². The molecule has 1 N–H and O–H groups in total. The van der Waals surface area contributed by atoms with Crippen LogP contribution < -0.4 is 0 Å². The van der Waals surface area contributed by atoms with Crippen LogP contribution in [0, 0.1) is 0 Å². The van der Waals surface area contributed by atoms with Gasteiger partial charge in [0.25, 0.3) is 0 Å². The molecule has 55 valence electrons. The van der Waals surface area contributed by atoms with Gasteiger partial charge in [-0.2, -0.15) is 0 Å². The van der Waals surface area contributed by atoms with Gasteiger partial charge in [-0.1, -0.05) is 0 Å². The van der Waals surface area contributed by atoms with Crippen LogP contribution in [-0.4, -0.2) is 34.7 Å². The van der Waals surface area contributed by atoms with Crippen LogP contribution in [0.4, 0.5) is 0 Å². The summed E-state index contributed by atoms with van der Waals surface area (Å²) < 4.78 is 0. The third-order valence-electron chi connectivity index (χ3n) is 1.23. The van der Waals surface area contributed by atoms with Crippen molar-refractivity contribution in [3.05, 3.63) is 23.8 Å². The van der Waals surface area contributed by atoms with Crippen molar-refractivity contribution in [3.8, 4) is 0 Å². The van der Waals surface area contributed by atoms with Crippen LogP contribution in [0.25, 0.3) is 0 Å². The van der Waals surface area contributed by atoms with Gasteiger partial charge in [-0.15, -0.1) is 25.3 Å². The average Bonchev–Trinajstić information content (AvgIpc) is 1.94. The fourth-order valence-corrected chi connectivity index (χ4v) is 1.14. The minimum atomic E-state index is 0. The topological polar surface area (TPSA) is 20.2 Å². The van der Waals surface area contributed by atoms with Gasteiger partial charge >= 0.3 is 0 Å². The van der Waals surface area contributed by atoms with Crippen molar-refractivity contribution < 1.29 is 5.11 Å². The molecule has 0 fully saturated rings. The summed E-state index contributed by atoms with van der Waals surface area (Å²) in [5, 5.41) is 8.76. The molecule has 1 aromatic rings. The second kappa shape index (κ2) is 5.51. The molecular weight excluding hydrogens is 187 g/mol. The summed E-state index contributed by atoms with van der Waals surface area (Å²) in [5.41, 5.74) is 0.816. The fraction of sp³-hybridized carbons (Fsp3) is 0.143. The molecule has 1 aromatic carbocycles. The first-order valence-electron chi connectivity index (χ1n) is 2.86. The number of aliphatic hydroxyl groups excluding tert-OH is 1. The Morgan fingerprint density at radius 1 is 1.27 bits per heavy atom. The summed E-state index contributed by atoms with van der Waals surface area (Å²) in [7, 11) is 0. The minimum Gasteiger partial charge on any atom is -0.392 e. The first kappa shape index (κ1) is 11.9. The van der Waals surface area contributed by atoms with E-state index in [0.29, 0.717) is 0 Å². The van der Waals surface area contributed by atoms with Crippen molar-refractivity contribution in [2.24, 2.45) is 0 Å². The first-order chi connectivity index (χ1) is 4.74. The van der Waals surface area contributed by atoms with E-state index in [1.54, 1.807) is 6.07 Å². The van der Waals surface area contributed by atoms with Gasteiger partial charge in [-0.3, -0.25) is 0 Å². The van der Waals surface area contributed by atoms with Crippen LogP contribution in [0.2, 0.25) is 0 Å². The molecule has 0 spiro atoms. The van der Waals surface area contributed by atoms with Gasteiger partial charge in [0, 0.05) is 39.3 Å². The molecule has 11 heavy (non-hydrogen) atoms. The summed E-state index contributed by atoms with van der Waals surface area (Å²) >= 11 is 8.24. The average molecular weight is 195 g/mol. The molecule has 0 amide bonds. The number of hydrogen-bond donors (Lipinski definition) is 3. The monoisotopic (exact) mass is 195 g/mol. The third-order valence-corrected chi connectivity index (χ3v) is 1.95. The van der Waals surface area contributed by atoms with Gasteiger partial charge in [0.15, 0.2) is 0 Å². The Hall–Kier alpha value is 0.880. The number of hydrogen-bond acceptors (Lipinski definition) is 3. The molecule has 0 atom stereocenters. The Kier molecular flexibility index (Phi) is 5.95. The molecule has 0 saturated heterocycles. The molecule has 0 saturated carbocycles. The van der Waals surface area contributed by atoms with E-state index in [2.05, 4.69) is 25.3 Å². The summed E-state index contributed by atoms with van der Waals surface area (Å²) in [6, 6.07) is 5.45. The van der Waals surface area contributed by atoms with Crippen molar-refractivity contribution in [2.45, 2.75) is 16.4 Å². The second-order valence-corrected chi connectivity index (χ2v) is 2.97. The Labute approximate surface area is 99.3 Å². The summed E-state index contributed by atoms with van der Waals surface area (Å²) in [5.74, 6) is 0. The van der Waals surface area contributed by atoms with E-state index < -0.39 is 0 Å². The summed E-state index contributed by atoms with van der Waals surface area (Å²) in [4.78, 5) is 1.65. The van der Waals surface area contributed by atoms with Crippen LogP contribution in [0.5, 0.6) is 0 Å². The maximum Gasteiger partial charge on any atom is 0.0693 e. The van der Waals surface area contributed by atoms with Gasteiger partial charge < -0.3 is 5.11 Å². The minimum absolute atomic E-state index is 0. The Balaban J connectivity index is 0.000001000. The SMILES string of the molecule is OCc1cc(S)ccc1S.[Na]. The molecule has 1 rings (SSSR count). The van der Waals surface area contributed by atoms with Crippen LogP contribution in [0.3, 0.4) is 0 Å². The normalized spacial score (nSPS) is 9.00. The van der Waals surface area contributed by atoms with Gasteiger partial charge in [-0.25, -0.2) is 0 Å². The van der Waals surface area contributed by atoms with Crippen molar-refractivity contribution in [3.63, 3.8) is 0 Å².